The second-order valence-corrected chi connectivity index (χ2v) is 4.49. The third-order valence-electron chi connectivity index (χ3n) is 2.87. The van der Waals surface area contributed by atoms with Crippen molar-refractivity contribution >= 4 is 17.3 Å². The number of aryl methyl sites for hydroxylation is 2. The molecule has 1 rings (SSSR count). The summed E-state index contributed by atoms with van der Waals surface area (Å²) in [5.41, 5.74) is 4.32. The molecule has 0 radical (unpaired) electrons. The second kappa shape index (κ2) is 6.40. The van der Waals surface area contributed by atoms with Crippen LogP contribution in [0.4, 0.5) is 11.4 Å². The number of allylic oxidation sites excluding steroid dienone is 1. The molecule has 0 unspecified atom stereocenters. The Balaban J connectivity index is 3.28. The minimum absolute atomic E-state index is 0.00884. The van der Waals surface area contributed by atoms with Crippen molar-refractivity contribution < 1.29 is 4.79 Å². The van der Waals surface area contributed by atoms with Gasteiger partial charge in [-0.15, -0.1) is 0 Å². The molecule has 5 nitrogen and oxygen atoms in total. The third kappa shape index (κ3) is 3.37. The van der Waals surface area contributed by atoms with E-state index in [0.717, 1.165) is 28.1 Å². The van der Waals surface area contributed by atoms with Crippen LogP contribution >= 0.6 is 0 Å². The van der Waals surface area contributed by atoms with E-state index in [1.807, 2.05) is 26.8 Å². The topological polar surface area (TPSA) is 88.7 Å². The minimum Gasteiger partial charge on any atom is -0.359 e. The fourth-order valence-electron chi connectivity index (χ4n) is 2.01. The summed E-state index contributed by atoms with van der Waals surface area (Å²) in [4.78, 5) is 11.2. The second-order valence-electron chi connectivity index (χ2n) is 4.49. The fraction of sp³-hybridized carbons (Fsp3) is 0.267. The molecular formula is C15H16N4O. The van der Waals surface area contributed by atoms with Gasteiger partial charge in [0.15, 0.2) is 0 Å². The first-order valence-electron chi connectivity index (χ1n) is 6.06. The lowest BCUT2D eigenvalue weighted by Gasteiger charge is -2.17. The molecule has 5 heteroatoms. The van der Waals surface area contributed by atoms with E-state index in [0.29, 0.717) is 0 Å². The van der Waals surface area contributed by atoms with Crippen LogP contribution in [0.2, 0.25) is 0 Å². The van der Waals surface area contributed by atoms with Crippen LogP contribution in [0.15, 0.2) is 17.8 Å². The summed E-state index contributed by atoms with van der Waals surface area (Å²) < 4.78 is 0. The lowest BCUT2D eigenvalue weighted by Crippen LogP contribution is -2.10. The van der Waals surface area contributed by atoms with Gasteiger partial charge in [0.25, 0.3) is 0 Å². The summed E-state index contributed by atoms with van der Waals surface area (Å²) >= 11 is 0. The van der Waals surface area contributed by atoms with Crippen LogP contribution in [0.3, 0.4) is 0 Å². The maximum absolute atomic E-state index is 11.2. The molecule has 0 bridgehead atoms. The van der Waals surface area contributed by atoms with Gasteiger partial charge in [0, 0.05) is 24.5 Å². The number of anilines is 2. The van der Waals surface area contributed by atoms with Gasteiger partial charge in [-0.2, -0.15) is 10.5 Å². The number of nitrogens with zero attached hydrogens (tertiary/aromatic N) is 2. The molecule has 1 aromatic carbocycles. The highest BCUT2D eigenvalue weighted by atomic mass is 16.1. The normalized spacial score (nSPS) is 9.10. The minimum atomic E-state index is -0.142. The van der Waals surface area contributed by atoms with E-state index in [2.05, 4.69) is 10.6 Å². The smallest absolute Gasteiger partial charge is 0.221 e. The number of nitrogens with one attached hydrogen (secondary N) is 2. The number of hydrogen-bond donors (Lipinski definition) is 2. The first kappa shape index (κ1) is 15.3. The molecule has 0 spiro atoms. The monoisotopic (exact) mass is 268 g/mol. The van der Waals surface area contributed by atoms with Gasteiger partial charge in [0.05, 0.1) is 0 Å². The van der Waals surface area contributed by atoms with Gasteiger partial charge in [0.1, 0.15) is 17.7 Å². The summed E-state index contributed by atoms with van der Waals surface area (Å²) in [6.45, 7) is 7.17. The zero-order valence-corrected chi connectivity index (χ0v) is 12.0. The Morgan fingerprint density at radius 2 is 1.70 bits per heavy atom. The molecular weight excluding hydrogens is 252 g/mol. The van der Waals surface area contributed by atoms with Gasteiger partial charge in [-0.05, 0) is 37.5 Å². The van der Waals surface area contributed by atoms with Crippen molar-refractivity contribution in [3.05, 3.63) is 34.5 Å². The molecule has 1 aromatic rings. The van der Waals surface area contributed by atoms with Crippen molar-refractivity contribution in [2.45, 2.75) is 27.7 Å². The Kier molecular flexibility index (Phi) is 4.88. The molecule has 0 aromatic heterocycles. The highest BCUT2D eigenvalue weighted by molar-refractivity contribution is 5.92. The number of hydrogen-bond acceptors (Lipinski definition) is 4. The van der Waals surface area contributed by atoms with Gasteiger partial charge in [0.2, 0.25) is 5.91 Å². The molecule has 20 heavy (non-hydrogen) atoms. The molecule has 0 saturated heterocycles. The van der Waals surface area contributed by atoms with Crippen molar-refractivity contribution in [1.82, 2.24) is 0 Å². The average molecular weight is 268 g/mol. The van der Waals surface area contributed by atoms with E-state index >= 15 is 0 Å². The Hall–Kier alpha value is -2.79. The standard InChI is InChI=1S/C15H16N4O/c1-9-5-10(2)15(19-12(4)20)11(3)14(9)18-8-13(6-16)7-17/h5,8,18H,1-4H3,(H,19,20). The number of rotatable bonds is 3. The molecule has 0 aliphatic rings. The molecule has 0 saturated carbocycles. The quantitative estimate of drug-likeness (QED) is 0.825. The van der Waals surface area contributed by atoms with E-state index in [4.69, 9.17) is 10.5 Å². The fourth-order valence-corrected chi connectivity index (χ4v) is 2.01. The number of benzene rings is 1. The summed E-state index contributed by atoms with van der Waals surface area (Å²) in [7, 11) is 0. The number of nitriles is 2. The van der Waals surface area contributed by atoms with E-state index in [9.17, 15) is 4.79 Å². The molecule has 1 amide bonds. The van der Waals surface area contributed by atoms with E-state index < -0.39 is 0 Å². The maximum Gasteiger partial charge on any atom is 0.221 e. The van der Waals surface area contributed by atoms with Crippen molar-refractivity contribution in [2.75, 3.05) is 10.6 Å². The van der Waals surface area contributed by atoms with Crippen LogP contribution in [0.5, 0.6) is 0 Å². The van der Waals surface area contributed by atoms with E-state index in [-0.39, 0.29) is 11.5 Å². The van der Waals surface area contributed by atoms with Crippen LogP contribution in [0, 0.1) is 43.4 Å². The van der Waals surface area contributed by atoms with Crippen molar-refractivity contribution in [1.29, 1.82) is 10.5 Å². The molecule has 0 aliphatic carbocycles. The molecule has 102 valence electrons. The Morgan fingerprint density at radius 3 is 2.20 bits per heavy atom. The van der Waals surface area contributed by atoms with Gasteiger partial charge in [-0.1, -0.05) is 6.07 Å². The lowest BCUT2D eigenvalue weighted by atomic mass is 10.0. The van der Waals surface area contributed by atoms with Crippen molar-refractivity contribution in [3.8, 4) is 12.1 Å². The largest absolute Gasteiger partial charge is 0.359 e. The van der Waals surface area contributed by atoms with Crippen LogP contribution in [-0.2, 0) is 4.79 Å². The summed E-state index contributed by atoms with van der Waals surface area (Å²) in [6, 6.07) is 5.51. The first-order valence-corrected chi connectivity index (χ1v) is 6.06. The zero-order valence-electron chi connectivity index (χ0n) is 12.0. The number of carbonyl (C=O) groups excluding carboxylic acids is 1. The SMILES string of the molecule is CC(=O)Nc1c(C)cc(C)c(NC=C(C#N)C#N)c1C. The van der Waals surface area contributed by atoms with Crippen LogP contribution in [-0.4, -0.2) is 5.91 Å². The molecule has 0 fully saturated rings. The summed E-state index contributed by atoms with van der Waals surface area (Å²) in [5.74, 6) is -0.142. The van der Waals surface area contributed by atoms with Gasteiger partial charge in [-0.25, -0.2) is 0 Å². The summed E-state index contributed by atoms with van der Waals surface area (Å²) in [5, 5.41) is 23.2. The van der Waals surface area contributed by atoms with Crippen LogP contribution < -0.4 is 10.6 Å². The Morgan fingerprint density at radius 1 is 1.15 bits per heavy atom. The molecule has 0 aliphatic heterocycles. The highest BCUT2D eigenvalue weighted by Crippen LogP contribution is 2.31. The van der Waals surface area contributed by atoms with Gasteiger partial charge in [-0.3, -0.25) is 4.79 Å². The first-order chi connectivity index (χ1) is 9.40. The van der Waals surface area contributed by atoms with Crippen molar-refractivity contribution in [2.24, 2.45) is 0 Å². The van der Waals surface area contributed by atoms with Gasteiger partial charge < -0.3 is 10.6 Å². The van der Waals surface area contributed by atoms with Gasteiger partial charge >= 0.3 is 0 Å². The van der Waals surface area contributed by atoms with Crippen molar-refractivity contribution in [3.63, 3.8) is 0 Å². The predicted molar refractivity (Wildman–Crippen MR) is 77.9 cm³/mol. The number of amides is 1. The van der Waals surface area contributed by atoms with E-state index in [1.165, 1.54) is 13.1 Å². The maximum atomic E-state index is 11.2. The third-order valence-corrected chi connectivity index (χ3v) is 2.87. The lowest BCUT2D eigenvalue weighted by molar-refractivity contribution is -0.114. The van der Waals surface area contributed by atoms with Crippen LogP contribution in [0.25, 0.3) is 0 Å². The predicted octanol–water partition coefficient (Wildman–Crippen LogP) is 2.91. The molecule has 0 atom stereocenters. The van der Waals surface area contributed by atoms with Crippen LogP contribution in [0.1, 0.15) is 23.6 Å². The zero-order chi connectivity index (χ0) is 15.3. The highest BCUT2D eigenvalue weighted by Gasteiger charge is 2.11. The molecule has 2 N–H and O–H groups in total. The average Bonchev–Trinajstić information content (AvgIpc) is 2.38. The number of carbonyl (C=O) groups is 1. The Labute approximate surface area is 118 Å². The van der Waals surface area contributed by atoms with E-state index in [1.54, 1.807) is 12.1 Å². The molecule has 0 heterocycles. The summed E-state index contributed by atoms with van der Waals surface area (Å²) in [6.07, 6.45) is 1.36. The Bertz CT molecular complexity index is 644.